The van der Waals surface area contributed by atoms with E-state index in [1.54, 1.807) is 0 Å². The van der Waals surface area contributed by atoms with Gasteiger partial charge in [0.15, 0.2) is 0 Å². The third-order valence-corrected chi connectivity index (χ3v) is 2.51. The Morgan fingerprint density at radius 2 is 1.80 bits per heavy atom. The van der Waals surface area contributed by atoms with Gasteiger partial charge in [0.05, 0.1) is 0 Å². The van der Waals surface area contributed by atoms with Gasteiger partial charge in [-0.05, 0) is 32.4 Å². The molecule has 0 aliphatic heterocycles. The van der Waals surface area contributed by atoms with E-state index in [1.807, 2.05) is 0 Å². The Bertz CT molecular complexity index is 106. The van der Waals surface area contributed by atoms with Gasteiger partial charge in [0, 0.05) is 0 Å². The van der Waals surface area contributed by atoms with Gasteiger partial charge in [0.1, 0.15) is 5.72 Å². The molecule has 0 aromatic carbocycles. The van der Waals surface area contributed by atoms with Gasteiger partial charge in [0.2, 0.25) is 0 Å². The second-order valence-corrected chi connectivity index (χ2v) is 3.01. The van der Waals surface area contributed by atoms with E-state index in [-0.39, 0.29) is 0 Å². The van der Waals surface area contributed by atoms with Crippen LogP contribution in [0.25, 0.3) is 0 Å². The van der Waals surface area contributed by atoms with Gasteiger partial charge in [-0.25, -0.2) is 0 Å². The minimum Gasteiger partial charge on any atom is -0.376 e. The van der Waals surface area contributed by atoms with Crippen molar-refractivity contribution in [3.63, 3.8) is 0 Å². The van der Waals surface area contributed by atoms with E-state index in [9.17, 15) is 5.11 Å². The zero-order valence-electron chi connectivity index (χ0n) is 6.93. The van der Waals surface area contributed by atoms with Crippen molar-refractivity contribution in [2.24, 2.45) is 0 Å². The van der Waals surface area contributed by atoms with Crippen molar-refractivity contribution in [2.75, 3.05) is 13.1 Å². The summed E-state index contributed by atoms with van der Waals surface area (Å²) < 4.78 is 0. The predicted molar refractivity (Wildman–Crippen MR) is 41.7 cm³/mol. The predicted octanol–water partition coefficient (Wildman–Crippen LogP) is 1.20. The lowest BCUT2D eigenvalue weighted by atomic mass is 9.87. The van der Waals surface area contributed by atoms with Crippen LogP contribution in [0.2, 0.25) is 0 Å². The molecule has 0 aromatic rings. The van der Waals surface area contributed by atoms with Crippen molar-refractivity contribution in [2.45, 2.75) is 38.8 Å². The molecular weight excluding hydrogens is 126 g/mol. The molecule has 1 fully saturated rings. The van der Waals surface area contributed by atoms with Crippen molar-refractivity contribution in [3.8, 4) is 0 Å². The van der Waals surface area contributed by atoms with Crippen LogP contribution in [0.3, 0.4) is 0 Å². The first-order valence-corrected chi connectivity index (χ1v) is 4.20. The highest BCUT2D eigenvalue weighted by atomic mass is 16.3. The van der Waals surface area contributed by atoms with Crippen molar-refractivity contribution in [1.82, 2.24) is 4.90 Å². The number of aliphatic hydroxyl groups is 1. The van der Waals surface area contributed by atoms with Crippen LogP contribution < -0.4 is 0 Å². The molecule has 0 heterocycles. The van der Waals surface area contributed by atoms with E-state index in [0.29, 0.717) is 0 Å². The van der Waals surface area contributed by atoms with E-state index in [4.69, 9.17) is 0 Å². The molecule has 1 N–H and O–H groups in total. The Labute approximate surface area is 62.8 Å². The summed E-state index contributed by atoms with van der Waals surface area (Å²) in [7, 11) is 0. The van der Waals surface area contributed by atoms with Crippen LogP contribution in [-0.2, 0) is 0 Å². The summed E-state index contributed by atoms with van der Waals surface area (Å²) in [5, 5.41) is 9.80. The van der Waals surface area contributed by atoms with Gasteiger partial charge in [-0.2, -0.15) is 0 Å². The molecule has 0 spiro atoms. The monoisotopic (exact) mass is 143 g/mol. The average Bonchev–Trinajstić information content (AvgIpc) is 1.87. The van der Waals surface area contributed by atoms with Gasteiger partial charge in [-0.15, -0.1) is 0 Å². The Hall–Kier alpha value is -0.0800. The highest BCUT2D eigenvalue weighted by molar-refractivity contribution is 4.86. The molecule has 0 amide bonds. The lowest BCUT2D eigenvalue weighted by Gasteiger charge is -2.45. The first-order valence-electron chi connectivity index (χ1n) is 4.20. The fourth-order valence-electron chi connectivity index (χ4n) is 1.62. The lowest BCUT2D eigenvalue weighted by Crippen LogP contribution is -2.53. The van der Waals surface area contributed by atoms with E-state index in [1.165, 1.54) is 6.42 Å². The van der Waals surface area contributed by atoms with Crippen LogP contribution in [0.1, 0.15) is 33.1 Å². The fourth-order valence-corrected chi connectivity index (χ4v) is 1.62. The fraction of sp³-hybridized carbons (Fsp3) is 1.00. The Kier molecular flexibility index (Phi) is 2.32. The summed E-state index contributed by atoms with van der Waals surface area (Å²) in [6.07, 6.45) is 3.12. The summed E-state index contributed by atoms with van der Waals surface area (Å²) >= 11 is 0. The summed E-state index contributed by atoms with van der Waals surface area (Å²) in [6.45, 7) is 6.12. The maximum absolute atomic E-state index is 9.80. The number of nitrogens with zero attached hydrogens (tertiary/aromatic N) is 1. The smallest absolute Gasteiger partial charge is 0.118 e. The SMILES string of the molecule is CCN(CC)C1(O)CCC1. The van der Waals surface area contributed by atoms with E-state index >= 15 is 0 Å². The average molecular weight is 143 g/mol. The second-order valence-electron chi connectivity index (χ2n) is 3.01. The Morgan fingerprint density at radius 3 is 1.90 bits per heavy atom. The summed E-state index contributed by atoms with van der Waals surface area (Å²) in [6, 6.07) is 0. The zero-order valence-corrected chi connectivity index (χ0v) is 6.93. The van der Waals surface area contributed by atoms with Gasteiger partial charge < -0.3 is 5.11 Å². The van der Waals surface area contributed by atoms with Crippen LogP contribution >= 0.6 is 0 Å². The highest BCUT2D eigenvalue weighted by Gasteiger charge is 2.38. The maximum Gasteiger partial charge on any atom is 0.118 e. The van der Waals surface area contributed by atoms with Crippen LogP contribution in [0, 0.1) is 0 Å². The Balaban J connectivity index is 2.43. The van der Waals surface area contributed by atoms with Crippen LogP contribution in [0.15, 0.2) is 0 Å². The molecule has 2 heteroatoms. The third kappa shape index (κ3) is 1.18. The van der Waals surface area contributed by atoms with Crippen LogP contribution in [0.4, 0.5) is 0 Å². The molecule has 1 aliphatic carbocycles. The molecule has 0 radical (unpaired) electrons. The molecule has 0 aromatic heterocycles. The summed E-state index contributed by atoms with van der Waals surface area (Å²) in [5.41, 5.74) is -0.427. The van der Waals surface area contributed by atoms with Gasteiger partial charge in [0.25, 0.3) is 0 Å². The first kappa shape index (κ1) is 8.02. The molecule has 0 saturated heterocycles. The minimum absolute atomic E-state index is 0.427. The summed E-state index contributed by atoms with van der Waals surface area (Å²) in [4.78, 5) is 2.14. The third-order valence-electron chi connectivity index (χ3n) is 2.51. The van der Waals surface area contributed by atoms with E-state index < -0.39 is 5.72 Å². The van der Waals surface area contributed by atoms with Gasteiger partial charge >= 0.3 is 0 Å². The Morgan fingerprint density at radius 1 is 1.30 bits per heavy atom. The molecule has 2 nitrogen and oxygen atoms in total. The van der Waals surface area contributed by atoms with Crippen molar-refractivity contribution >= 4 is 0 Å². The first-order chi connectivity index (χ1) is 4.73. The minimum atomic E-state index is -0.427. The van der Waals surface area contributed by atoms with Crippen molar-refractivity contribution in [1.29, 1.82) is 0 Å². The quantitative estimate of drug-likeness (QED) is 0.600. The molecule has 0 atom stereocenters. The number of hydrogen-bond donors (Lipinski definition) is 1. The molecule has 1 saturated carbocycles. The van der Waals surface area contributed by atoms with Crippen LogP contribution in [0.5, 0.6) is 0 Å². The van der Waals surface area contributed by atoms with Crippen LogP contribution in [-0.4, -0.2) is 28.8 Å². The topological polar surface area (TPSA) is 23.5 Å². The molecule has 0 bridgehead atoms. The molecule has 10 heavy (non-hydrogen) atoms. The normalized spacial score (nSPS) is 22.8. The summed E-state index contributed by atoms with van der Waals surface area (Å²) in [5.74, 6) is 0. The van der Waals surface area contributed by atoms with Crippen molar-refractivity contribution in [3.05, 3.63) is 0 Å². The molecule has 0 unspecified atom stereocenters. The lowest BCUT2D eigenvalue weighted by molar-refractivity contribution is -0.158. The highest BCUT2D eigenvalue weighted by Crippen LogP contribution is 2.34. The molecule has 1 aliphatic rings. The zero-order chi connectivity index (χ0) is 7.61. The molecule has 1 rings (SSSR count). The standard InChI is InChI=1S/C8H17NO/c1-3-9(4-2)8(10)6-5-7-8/h10H,3-7H2,1-2H3. The second kappa shape index (κ2) is 2.89. The number of rotatable bonds is 3. The van der Waals surface area contributed by atoms with Crippen molar-refractivity contribution < 1.29 is 5.11 Å². The molecule has 60 valence electrons. The maximum atomic E-state index is 9.80. The van der Waals surface area contributed by atoms with E-state index in [2.05, 4.69) is 18.7 Å². The van der Waals surface area contributed by atoms with Gasteiger partial charge in [-0.3, -0.25) is 4.90 Å². The number of hydrogen-bond acceptors (Lipinski definition) is 2. The largest absolute Gasteiger partial charge is 0.376 e. The van der Waals surface area contributed by atoms with Gasteiger partial charge in [-0.1, -0.05) is 13.8 Å². The van der Waals surface area contributed by atoms with E-state index in [0.717, 1.165) is 25.9 Å². The molecular formula is C8H17NO.